The van der Waals surface area contributed by atoms with Crippen molar-refractivity contribution in [2.45, 2.75) is 26.7 Å². The molecule has 98 valence electrons. The number of nitrogens with zero attached hydrogens (tertiary/aromatic N) is 1. The van der Waals surface area contributed by atoms with Gasteiger partial charge in [0.1, 0.15) is 0 Å². The summed E-state index contributed by atoms with van der Waals surface area (Å²) >= 11 is 1.52. The van der Waals surface area contributed by atoms with Gasteiger partial charge in [-0.15, -0.1) is 11.3 Å². The molecule has 0 bridgehead atoms. The predicted octanol–water partition coefficient (Wildman–Crippen LogP) is 2.30. The van der Waals surface area contributed by atoms with Gasteiger partial charge in [0.2, 0.25) is 0 Å². The fourth-order valence-corrected chi connectivity index (χ4v) is 3.17. The van der Waals surface area contributed by atoms with Crippen LogP contribution in [0, 0.1) is 19.8 Å². The average Bonchev–Trinajstić information content (AvgIpc) is 2.69. The third-order valence-corrected chi connectivity index (χ3v) is 4.65. The molecule has 18 heavy (non-hydrogen) atoms. The molecule has 1 amide bonds. The summed E-state index contributed by atoms with van der Waals surface area (Å²) in [6.45, 7) is 5.10. The Morgan fingerprint density at radius 3 is 2.39 bits per heavy atom. The Morgan fingerprint density at radius 1 is 1.33 bits per heavy atom. The van der Waals surface area contributed by atoms with Gasteiger partial charge in [-0.05, 0) is 38.3 Å². The maximum absolute atomic E-state index is 12.2. The van der Waals surface area contributed by atoms with Crippen LogP contribution in [-0.4, -0.2) is 35.0 Å². The van der Waals surface area contributed by atoms with Gasteiger partial charge in [0.05, 0.1) is 10.8 Å². The van der Waals surface area contributed by atoms with Crippen molar-refractivity contribution < 1.29 is 14.7 Å². The van der Waals surface area contributed by atoms with Crippen LogP contribution in [-0.2, 0) is 4.79 Å². The van der Waals surface area contributed by atoms with Crippen LogP contribution >= 0.6 is 11.3 Å². The molecule has 2 heterocycles. The zero-order valence-corrected chi connectivity index (χ0v) is 11.4. The lowest BCUT2D eigenvalue weighted by molar-refractivity contribution is -0.143. The maximum atomic E-state index is 12.2. The third kappa shape index (κ3) is 2.56. The quantitative estimate of drug-likeness (QED) is 0.894. The van der Waals surface area contributed by atoms with Crippen molar-refractivity contribution in [1.29, 1.82) is 0 Å². The van der Waals surface area contributed by atoms with Crippen molar-refractivity contribution in [3.63, 3.8) is 0 Å². The Labute approximate surface area is 110 Å². The third-order valence-electron chi connectivity index (χ3n) is 3.51. The summed E-state index contributed by atoms with van der Waals surface area (Å²) in [7, 11) is 0. The number of carbonyl (C=O) groups excluding carboxylic acids is 1. The van der Waals surface area contributed by atoms with Crippen molar-refractivity contribution in [1.82, 2.24) is 4.90 Å². The zero-order chi connectivity index (χ0) is 13.3. The number of hydrogen-bond donors (Lipinski definition) is 1. The number of carboxylic acid groups (broad SMARTS) is 1. The van der Waals surface area contributed by atoms with Crippen molar-refractivity contribution in [2.24, 2.45) is 5.92 Å². The Morgan fingerprint density at radius 2 is 1.94 bits per heavy atom. The van der Waals surface area contributed by atoms with Crippen LogP contribution < -0.4 is 0 Å². The number of aryl methyl sites for hydroxylation is 2. The molecule has 5 heteroatoms. The van der Waals surface area contributed by atoms with E-state index in [-0.39, 0.29) is 11.8 Å². The normalized spacial score (nSPS) is 16.9. The highest BCUT2D eigenvalue weighted by Crippen LogP contribution is 2.24. The number of rotatable bonds is 2. The first-order valence-electron chi connectivity index (χ1n) is 6.08. The summed E-state index contributed by atoms with van der Waals surface area (Å²) in [5.74, 6) is -0.995. The van der Waals surface area contributed by atoms with E-state index in [1.165, 1.54) is 16.2 Å². The molecule has 0 aromatic carbocycles. The van der Waals surface area contributed by atoms with Crippen LogP contribution in [0.15, 0.2) is 6.07 Å². The molecule has 1 N–H and O–H groups in total. The lowest BCUT2D eigenvalue weighted by Crippen LogP contribution is -2.39. The summed E-state index contributed by atoms with van der Waals surface area (Å²) in [6, 6.07) is 1.92. The number of thiophene rings is 1. The van der Waals surface area contributed by atoms with Gasteiger partial charge in [-0.25, -0.2) is 0 Å². The molecular weight excluding hydrogens is 250 g/mol. The van der Waals surface area contributed by atoms with Gasteiger partial charge < -0.3 is 10.0 Å². The molecule has 2 rings (SSSR count). The SMILES string of the molecule is Cc1cc(C(=O)N2CCC(C(=O)O)CC2)sc1C. The first kappa shape index (κ1) is 13.1. The van der Waals surface area contributed by atoms with E-state index in [0.717, 1.165) is 10.4 Å². The number of carboxylic acids is 1. The van der Waals surface area contributed by atoms with Crippen LogP contribution in [0.3, 0.4) is 0 Å². The van der Waals surface area contributed by atoms with Crippen molar-refractivity contribution >= 4 is 23.2 Å². The first-order chi connectivity index (χ1) is 8.49. The molecule has 0 radical (unpaired) electrons. The number of hydrogen-bond acceptors (Lipinski definition) is 3. The number of aliphatic carboxylic acids is 1. The molecule has 1 aromatic rings. The van der Waals surface area contributed by atoms with E-state index >= 15 is 0 Å². The Bertz CT molecular complexity index is 453. The largest absolute Gasteiger partial charge is 0.481 e. The molecule has 0 saturated carbocycles. The van der Waals surface area contributed by atoms with Gasteiger partial charge in [-0.1, -0.05) is 0 Å². The predicted molar refractivity (Wildman–Crippen MR) is 70.1 cm³/mol. The minimum Gasteiger partial charge on any atom is -0.481 e. The van der Waals surface area contributed by atoms with E-state index in [1.54, 1.807) is 4.90 Å². The van der Waals surface area contributed by atoms with Crippen LogP contribution in [0.1, 0.15) is 33.0 Å². The first-order valence-corrected chi connectivity index (χ1v) is 6.90. The standard InChI is InChI=1S/C13H17NO3S/c1-8-7-11(18-9(8)2)12(15)14-5-3-10(4-6-14)13(16)17/h7,10H,3-6H2,1-2H3,(H,16,17). The summed E-state index contributed by atoms with van der Waals surface area (Å²) in [4.78, 5) is 26.8. The van der Waals surface area contributed by atoms with Gasteiger partial charge in [-0.3, -0.25) is 9.59 Å². The molecule has 1 aliphatic heterocycles. The van der Waals surface area contributed by atoms with E-state index in [2.05, 4.69) is 0 Å². The number of piperidine rings is 1. The molecule has 1 aliphatic rings. The van der Waals surface area contributed by atoms with E-state index in [1.807, 2.05) is 19.9 Å². The summed E-state index contributed by atoms with van der Waals surface area (Å²) in [5.41, 5.74) is 1.14. The van der Waals surface area contributed by atoms with E-state index in [4.69, 9.17) is 5.11 Å². The number of amides is 1. The molecule has 1 aromatic heterocycles. The molecule has 0 unspecified atom stereocenters. The highest BCUT2D eigenvalue weighted by Gasteiger charge is 2.28. The Hall–Kier alpha value is -1.36. The average molecular weight is 267 g/mol. The van der Waals surface area contributed by atoms with E-state index in [0.29, 0.717) is 25.9 Å². The highest BCUT2D eigenvalue weighted by atomic mass is 32.1. The van der Waals surface area contributed by atoms with Crippen LogP contribution in [0.25, 0.3) is 0 Å². The minimum absolute atomic E-state index is 0.0417. The molecular formula is C13H17NO3S. The molecule has 1 fully saturated rings. The molecule has 0 aliphatic carbocycles. The van der Waals surface area contributed by atoms with E-state index in [9.17, 15) is 9.59 Å². The van der Waals surface area contributed by atoms with Gasteiger partial charge in [0.15, 0.2) is 0 Å². The van der Waals surface area contributed by atoms with Crippen molar-refractivity contribution in [3.05, 3.63) is 21.4 Å². The second-order valence-electron chi connectivity index (χ2n) is 4.75. The minimum atomic E-state index is -0.745. The van der Waals surface area contributed by atoms with Crippen LogP contribution in [0.4, 0.5) is 0 Å². The van der Waals surface area contributed by atoms with Gasteiger partial charge in [0.25, 0.3) is 5.91 Å². The van der Waals surface area contributed by atoms with Gasteiger partial charge in [-0.2, -0.15) is 0 Å². The second-order valence-corrected chi connectivity index (χ2v) is 6.01. The molecule has 4 nitrogen and oxygen atoms in total. The van der Waals surface area contributed by atoms with Gasteiger partial charge >= 0.3 is 5.97 Å². The highest BCUT2D eigenvalue weighted by molar-refractivity contribution is 7.14. The van der Waals surface area contributed by atoms with Crippen LogP contribution in [0.2, 0.25) is 0 Å². The zero-order valence-electron chi connectivity index (χ0n) is 10.6. The summed E-state index contributed by atoms with van der Waals surface area (Å²) in [6.07, 6.45) is 1.12. The lowest BCUT2D eigenvalue weighted by Gasteiger charge is -2.29. The van der Waals surface area contributed by atoms with E-state index < -0.39 is 5.97 Å². The van der Waals surface area contributed by atoms with Crippen molar-refractivity contribution in [3.8, 4) is 0 Å². The molecule has 1 saturated heterocycles. The Kier molecular flexibility index (Phi) is 3.71. The lowest BCUT2D eigenvalue weighted by atomic mass is 9.97. The fraction of sp³-hybridized carbons (Fsp3) is 0.538. The number of carbonyl (C=O) groups is 2. The summed E-state index contributed by atoms with van der Waals surface area (Å²) in [5, 5.41) is 8.92. The smallest absolute Gasteiger partial charge is 0.306 e. The van der Waals surface area contributed by atoms with Crippen molar-refractivity contribution in [2.75, 3.05) is 13.1 Å². The van der Waals surface area contributed by atoms with Crippen LogP contribution in [0.5, 0.6) is 0 Å². The number of likely N-dealkylation sites (tertiary alicyclic amines) is 1. The summed E-state index contributed by atoms with van der Waals surface area (Å²) < 4.78 is 0. The molecule has 0 atom stereocenters. The molecule has 0 spiro atoms. The monoisotopic (exact) mass is 267 g/mol. The second kappa shape index (κ2) is 5.10. The Balaban J connectivity index is 2.01. The van der Waals surface area contributed by atoms with Gasteiger partial charge in [0, 0.05) is 18.0 Å². The fourth-order valence-electron chi connectivity index (χ4n) is 2.16. The maximum Gasteiger partial charge on any atom is 0.306 e. The topological polar surface area (TPSA) is 57.6 Å².